The molecule has 0 bridgehead atoms. The maximum absolute atomic E-state index is 3.57. The van der Waals surface area contributed by atoms with Gasteiger partial charge in [-0.05, 0) is 51.2 Å². The summed E-state index contributed by atoms with van der Waals surface area (Å²) in [6, 6.07) is 1.34. The predicted molar refractivity (Wildman–Crippen MR) is 76.4 cm³/mol. The third-order valence-corrected chi connectivity index (χ3v) is 4.48. The molecule has 1 N–H and O–H groups in total. The van der Waals surface area contributed by atoms with Crippen molar-refractivity contribution in [2.75, 3.05) is 20.6 Å². The van der Waals surface area contributed by atoms with Crippen molar-refractivity contribution < 1.29 is 0 Å². The van der Waals surface area contributed by atoms with E-state index in [4.69, 9.17) is 0 Å². The summed E-state index contributed by atoms with van der Waals surface area (Å²) >= 11 is 0. The van der Waals surface area contributed by atoms with Crippen molar-refractivity contribution in [3.8, 4) is 0 Å². The van der Waals surface area contributed by atoms with Crippen molar-refractivity contribution in [3.05, 3.63) is 0 Å². The molecule has 2 heteroatoms. The van der Waals surface area contributed by atoms with E-state index in [2.05, 4.69) is 52.0 Å². The molecule has 17 heavy (non-hydrogen) atoms. The Labute approximate surface area is 108 Å². The largest absolute Gasteiger partial charge is 0.315 e. The highest BCUT2D eigenvalue weighted by molar-refractivity contribution is 4.96. The van der Waals surface area contributed by atoms with E-state index >= 15 is 0 Å². The van der Waals surface area contributed by atoms with Crippen LogP contribution >= 0.6 is 0 Å². The van der Waals surface area contributed by atoms with Gasteiger partial charge >= 0.3 is 0 Å². The van der Waals surface area contributed by atoms with Gasteiger partial charge in [-0.1, -0.05) is 34.1 Å². The lowest BCUT2D eigenvalue weighted by atomic mass is 9.70. The van der Waals surface area contributed by atoms with Gasteiger partial charge in [0.05, 0.1) is 0 Å². The van der Waals surface area contributed by atoms with Crippen LogP contribution in [0.25, 0.3) is 0 Å². The number of nitrogens with zero attached hydrogens (tertiary/aromatic N) is 1. The molecule has 2 atom stereocenters. The molecule has 1 rings (SSSR count). The summed E-state index contributed by atoms with van der Waals surface area (Å²) in [4.78, 5) is 2.59. The van der Waals surface area contributed by atoms with Gasteiger partial charge in [0.15, 0.2) is 0 Å². The van der Waals surface area contributed by atoms with Crippen LogP contribution in [0.4, 0.5) is 0 Å². The first-order valence-electron chi connectivity index (χ1n) is 7.26. The molecular formula is C15H32N2. The van der Waals surface area contributed by atoms with E-state index < -0.39 is 0 Å². The number of hydrogen-bond acceptors (Lipinski definition) is 2. The summed E-state index contributed by atoms with van der Waals surface area (Å²) in [5.74, 6) is 0.807. The lowest BCUT2D eigenvalue weighted by Crippen LogP contribution is -2.57. The average Bonchev–Trinajstić information content (AvgIpc) is 2.24. The second-order valence-electron chi connectivity index (χ2n) is 6.88. The first-order chi connectivity index (χ1) is 7.88. The first kappa shape index (κ1) is 15.0. The average molecular weight is 240 g/mol. The van der Waals surface area contributed by atoms with Crippen LogP contribution in [-0.4, -0.2) is 37.6 Å². The number of rotatable bonds is 5. The maximum Gasteiger partial charge on any atom is 0.0271 e. The Morgan fingerprint density at radius 3 is 2.53 bits per heavy atom. The van der Waals surface area contributed by atoms with Gasteiger partial charge in [-0.2, -0.15) is 0 Å². The lowest BCUT2D eigenvalue weighted by molar-refractivity contribution is 0.0648. The zero-order chi connectivity index (χ0) is 13.1. The zero-order valence-electron chi connectivity index (χ0n) is 12.7. The van der Waals surface area contributed by atoms with Crippen LogP contribution in [0.15, 0.2) is 0 Å². The third-order valence-electron chi connectivity index (χ3n) is 4.48. The third kappa shape index (κ3) is 3.96. The van der Waals surface area contributed by atoms with Crippen LogP contribution in [0, 0.1) is 11.3 Å². The number of nitrogens with one attached hydrogen (secondary N) is 1. The second-order valence-corrected chi connectivity index (χ2v) is 6.88. The van der Waals surface area contributed by atoms with Gasteiger partial charge in [-0.15, -0.1) is 0 Å². The summed E-state index contributed by atoms with van der Waals surface area (Å²) in [6.07, 6.45) is 5.39. The minimum absolute atomic E-state index is 0.434. The molecule has 0 aromatic heterocycles. The van der Waals surface area contributed by atoms with Gasteiger partial charge in [0.2, 0.25) is 0 Å². The Balaban J connectivity index is 2.60. The fourth-order valence-electron chi connectivity index (χ4n) is 3.30. The molecule has 1 fully saturated rings. The Bertz CT molecular complexity index is 223. The lowest BCUT2D eigenvalue weighted by Gasteiger charge is -2.47. The molecule has 0 aromatic carbocycles. The molecule has 1 saturated carbocycles. The van der Waals surface area contributed by atoms with Crippen molar-refractivity contribution >= 4 is 0 Å². The zero-order valence-corrected chi connectivity index (χ0v) is 12.7. The minimum Gasteiger partial charge on any atom is -0.315 e. The Morgan fingerprint density at radius 1 is 1.35 bits per heavy atom. The minimum atomic E-state index is 0.434. The normalized spacial score (nSPS) is 28.9. The Hall–Kier alpha value is -0.0800. The molecule has 1 aliphatic carbocycles. The molecule has 0 heterocycles. The van der Waals surface area contributed by atoms with Gasteiger partial charge in [0, 0.05) is 12.1 Å². The number of hydrogen-bond donors (Lipinski definition) is 1. The quantitative estimate of drug-likeness (QED) is 0.794. The number of likely N-dealkylation sites (N-methyl/N-ethyl adjacent to an activating group) is 2. The van der Waals surface area contributed by atoms with E-state index in [-0.39, 0.29) is 0 Å². The topological polar surface area (TPSA) is 15.3 Å². The highest BCUT2D eigenvalue weighted by Crippen LogP contribution is 2.37. The molecule has 2 nitrogen and oxygen atoms in total. The molecular weight excluding hydrogens is 208 g/mol. The van der Waals surface area contributed by atoms with Crippen LogP contribution in [0.1, 0.15) is 53.4 Å². The monoisotopic (exact) mass is 240 g/mol. The van der Waals surface area contributed by atoms with Crippen LogP contribution < -0.4 is 5.32 Å². The van der Waals surface area contributed by atoms with Gasteiger partial charge in [0.25, 0.3) is 0 Å². The molecule has 102 valence electrons. The van der Waals surface area contributed by atoms with E-state index in [1.165, 1.54) is 32.2 Å². The summed E-state index contributed by atoms with van der Waals surface area (Å²) in [5.41, 5.74) is 0.434. The summed E-state index contributed by atoms with van der Waals surface area (Å²) < 4.78 is 0. The van der Waals surface area contributed by atoms with Crippen molar-refractivity contribution in [2.24, 2.45) is 11.3 Å². The molecule has 1 aliphatic rings. The molecule has 0 aromatic rings. The van der Waals surface area contributed by atoms with Crippen LogP contribution in [0.3, 0.4) is 0 Å². The highest BCUT2D eigenvalue weighted by atomic mass is 15.2. The Kier molecular flexibility index (Phi) is 5.46. The fourth-order valence-corrected chi connectivity index (χ4v) is 3.30. The SMILES string of the molecule is CNC1C(N(C)CCC(C)C)CCCC1(C)C. The molecule has 0 aliphatic heterocycles. The smallest absolute Gasteiger partial charge is 0.0271 e. The molecule has 2 unspecified atom stereocenters. The highest BCUT2D eigenvalue weighted by Gasteiger charge is 2.39. The van der Waals surface area contributed by atoms with Crippen molar-refractivity contribution in [3.63, 3.8) is 0 Å². The van der Waals surface area contributed by atoms with E-state index in [0.29, 0.717) is 17.5 Å². The predicted octanol–water partition coefficient (Wildman–Crippen LogP) is 3.13. The van der Waals surface area contributed by atoms with Crippen molar-refractivity contribution in [2.45, 2.75) is 65.5 Å². The molecule has 0 radical (unpaired) electrons. The van der Waals surface area contributed by atoms with Crippen LogP contribution in [0.5, 0.6) is 0 Å². The van der Waals surface area contributed by atoms with E-state index in [1.807, 2.05) is 0 Å². The maximum atomic E-state index is 3.57. The first-order valence-corrected chi connectivity index (χ1v) is 7.26. The summed E-state index contributed by atoms with van der Waals surface area (Å²) in [6.45, 7) is 10.7. The van der Waals surface area contributed by atoms with Crippen molar-refractivity contribution in [1.29, 1.82) is 0 Å². The summed E-state index contributed by atoms with van der Waals surface area (Å²) in [5, 5.41) is 3.57. The van der Waals surface area contributed by atoms with E-state index in [1.54, 1.807) is 0 Å². The Morgan fingerprint density at radius 2 is 2.00 bits per heavy atom. The summed E-state index contributed by atoms with van der Waals surface area (Å²) in [7, 11) is 4.43. The van der Waals surface area contributed by atoms with Crippen LogP contribution in [0.2, 0.25) is 0 Å². The molecule has 0 spiro atoms. The van der Waals surface area contributed by atoms with Crippen LogP contribution in [-0.2, 0) is 0 Å². The fraction of sp³-hybridized carbons (Fsp3) is 1.00. The van der Waals surface area contributed by atoms with Gasteiger partial charge in [-0.25, -0.2) is 0 Å². The van der Waals surface area contributed by atoms with Gasteiger partial charge in [-0.3, -0.25) is 0 Å². The van der Waals surface area contributed by atoms with E-state index in [9.17, 15) is 0 Å². The van der Waals surface area contributed by atoms with Gasteiger partial charge in [0.1, 0.15) is 0 Å². The van der Waals surface area contributed by atoms with Gasteiger partial charge < -0.3 is 10.2 Å². The standard InChI is InChI=1S/C15H32N2/c1-12(2)9-11-17(6)13-8-7-10-15(3,4)14(13)16-5/h12-14,16H,7-11H2,1-6H3. The molecule has 0 saturated heterocycles. The second kappa shape index (κ2) is 6.19. The van der Waals surface area contributed by atoms with E-state index in [0.717, 1.165) is 5.92 Å². The molecule has 0 amide bonds. The van der Waals surface area contributed by atoms with Crippen molar-refractivity contribution in [1.82, 2.24) is 10.2 Å².